The van der Waals surface area contributed by atoms with Crippen molar-refractivity contribution in [2.45, 2.75) is 58.0 Å². The molecule has 2 aliphatic rings. The third-order valence-corrected chi connectivity index (χ3v) is 5.66. The van der Waals surface area contributed by atoms with E-state index in [1.807, 2.05) is 34.1 Å². The molecule has 0 aliphatic carbocycles. The Labute approximate surface area is 162 Å². The molecule has 2 amide bonds. The van der Waals surface area contributed by atoms with Crippen LogP contribution >= 0.6 is 0 Å². The molecule has 0 unspecified atom stereocenters. The summed E-state index contributed by atoms with van der Waals surface area (Å²) in [4.78, 5) is 28.8. The lowest BCUT2D eigenvalue weighted by Gasteiger charge is -2.34. The molecule has 2 saturated heterocycles. The molecular weight excluding hydrogens is 340 g/mol. The molecule has 3 rings (SSSR count). The van der Waals surface area contributed by atoms with E-state index in [-0.39, 0.29) is 11.8 Å². The summed E-state index contributed by atoms with van der Waals surface area (Å²) in [7, 11) is 0. The summed E-state index contributed by atoms with van der Waals surface area (Å²) in [5.41, 5.74) is 1.10. The highest BCUT2D eigenvalue weighted by Gasteiger charge is 2.29. The summed E-state index contributed by atoms with van der Waals surface area (Å²) < 4.78 is 0. The molecule has 0 saturated carbocycles. The van der Waals surface area contributed by atoms with Gasteiger partial charge in [0.15, 0.2) is 0 Å². The number of hydrogen-bond donors (Lipinski definition) is 1. The van der Waals surface area contributed by atoms with Crippen molar-refractivity contribution in [1.29, 1.82) is 0 Å². The second kappa shape index (κ2) is 8.42. The zero-order valence-electron chi connectivity index (χ0n) is 16.6. The van der Waals surface area contributed by atoms with E-state index in [0.717, 1.165) is 63.0 Å². The maximum absolute atomic E-state index is 13.0. The highest BCUT2D eigenvalue weighted by Crippen LogP contribution is 2.22. The van der Waals surface area contributed by atoms with Crippen LogP contribution in [0.25, 0.3) is 0 Å². The molecule has 0 spiro atoms. The van der Waals surface area contributed by atoms with E-state index < -0.39 is 5.60 Å². The number of carbonyl (C=O) groups is 2. The Morgan fingerprint density at radius 3 is 2.78 bits per heavy atom. The summed E-state index contributed by atoms with van der Waals surface area (Å²) >= 11 is 0. The summed E-state index contributed by atoms with van der Waals surface area (Å²) in [5.74, 6) is 0.721. The minimum absolute atomic E-state index is 0.0811. The number of carbonyl (C=O) groups excluding carboxylic acids is 2. The highest BCUT2D eigenvalue weighted by atomic mass is 16.3. The summed E-state index contributed by atoms with van der Waals surface area (Å²) in [6.45, 7) is 6.79. The second-order valence-electron chi connectivity index (χ2n) is 8.72. The molecule has 0 radical (unpaired) electrons. The van der Waals surface area contributed by atoms with Gasteiger partial charge in [0, 0.05) is 38.2 Å². The van der Waals surface area contributed by atoms with Crippen molar-refractivity contribution in [3.63, 3.8) is 0 Å². The van der Waals surface area contributed by atoms with Crippen LogP contribution < -0.4 is 0 Å². The molecule has 2 fully saturated rings. The minimum Gasteiger partial charge on any atom is -0.390 e. The van der Waals surface area contributed by atoms with Crippen LogP contribution in [0.4, 0.5) is 0 Å². The van der Waals surface area contributed by atoms with Gasteiger partial charge in [0.05, 0.1) is 5.60 Å². The van der Waals surface area contributed by atoms with E-state index in [4.69, 9.17) is 0 Å². The standard InChI is InChI=1S/C22H32N2O3/c1-22(2,27)11-10-17-6-3-8-19(14-17)21(26)24-13-4-7-18(16-24)15-23-12-5-9-20(23)25/h3,6,8,14,18,27H,4-5,7,9-13,15-16H2,1-2H3/t18-/m1/s1. The molecule has 1 atom stereocenters. The van der Waals surface area contributed by atoms with Gasteiger partial charge >= 0.3 is 0 Å². The fourth-order valence-corrected chi connectivity index (χ4v) is 4.10. The third-order valence-electron chi connectivity index (χ3n) is 5.66. The lowest BCUT2D eigenvalue weighted by Crippen LogP contribution is -2.44. The van der Waals surface area contributed by atoms with Gasteiger partial charge in [-0.25, -0.2) is 0 Å². The number of likely N-dealkylation sites (tertiary alicyclic amines) is 2. The van der Waals surface area contributed by atoms with Crippen molar-refractivity contribution < 1.29 is 14.7 Å². The van der Waals surface area contributed by atoms with Crippen molar-refractivity contribution in [3.8, 4) is 0 Å². The first-order chi connectivity index (χ1) is 12.8. The lowest BCUT2D eigenvalue weighted by molar-refractivity contribution is -0.128. The zero-order chi connectivity index (χ0) is 19.4. The van der Waals surface area contributed by atoms with Crippen molar-refractivity contribution in [3.05, 3.63) is 35.4 Å². The molecular formula is C22H32N2O3. The maximum Gasteiger partial charge on any atom is 0.253 e. The first-order valence-corrected chi connectivity index (χ1v) is 10.2. The van der Waals surface area contributed by atoms with Crippen molar-refractivity contribution in [2.75, 3.05) is 26.2 Å². The van der Waals surface area contributed by atoms with E-state index in [0.29, 0.717) is 18.8 Å². The van der Waals surface area contributed by atoms with Gasteiger partial charge in [-0.2, -0.15) is 0 Å². The number of rotatable bonds is 6. The topological polar surface area (TPSA) is 60.9 Å². The molecule has 0 aromatic heterocycles. The molecule has 1 aromatic carbocycles. The van der Waals surface area contributed by atoms with Crippen molar-refractivity contribution in [2.24, 2.45) is 5.92 Å². The Morgan fingerprint density at radius 1 is 1.26 bits per heavy atom. The minimum atomic E-state index is -0.701. The van der Waals surface area contributed by atoms with Gasteiger partial charge in [-0.1, -0.05) is 12.1 Å². The number of nitrogens with zero attached hydrogens (tertiary/aromatic N) is 2. The Morgan fingerprint density at radius 2 is 2.07 bits per heavy atom. The van der Waals surface area contributed by atoms with Gasteiger partial charge in [0.25, 0.3) is 5.91 Å². The van der Waals surface area contributed by atoms with Gasteiger partial charge in [-0.05, 0) is 69.6 Å². The van der Waals surface area contributed by atoms with Gasteiger partial charge in [0.1, 0.15) is 0 Å². The monoisotopic (exact) mass is 372 g/mol. The summed E-state index contributed by atoms with van der Waals surface area (Å²) in [5, 5.41) is 9.92. The molecule has 1 N–H and O–H groups in total. The van der Waals surface area contributed by atoms with Crippen molar-refractivity contribution >= 4 is 11.8 Å². The first kappa shape index (κ1) is 19.9. The summed E-state index contributed by atoms with van der Waals surface area (Å²) in [6.07, 6.45) is 5.14. The number of aryl methyl sites for hydroxylation is 1. The average Bonchev–Trinajstić information content (AvgIpc) is 3.04. The van der Waals surface area contributed by atoms with Gasteiger partial charge in [-0.15, -0.1) is 0 Å². The first-order valence-electron chi connectivity index (χ1n) is 10.2. The van der Waals surface area contributed by atoms with E-state index in [2.05, 4.69) is 0 Å². The molecule has 0 bridgehead atoms. The Balaban J connectivity index is 1.60. The van der Waals surface area contributed by atoms with Crippen LogP contribution in [-0.4, -0.2) is 58.5 Å². The zero-order valence-corrected chi connectivity index (χ0v) is 16.6. The number of amides is 2. The van der Waals surface area contributed by atoms with E-state index in [9.17, 15) is 14.7 Å². The molecule has 2 aliphatic heterocycles. The Hall–Kier alpha value is -1.88. The lowest BCUT2D eigenvalue weighted by atomic mass is 9.95. The molecule has 27 heavy (non-hydrogen) atoms. The van der Waals surface area contributed by atoms with Crippen LogP contribution in [0, 0.1) is 5.92 Å². The number of hydrogen-bond acceptors (Lipinski definition) is 3. The van der Waals surface area contributed by atoms with Crippen LogP contribution in [0.15, 0.2) is 24.3 Å². The molecule has 5 nitrogen and oxygen atoms in total. The van der Waals surface area contributed by atoms with Gasteiger partial charge < -0.3 is 14.9 Å². The normalized spacial score (nSPS) is 21.0. The van der Waals surface area contributed by atoms with Crippen molar-refractivity contribution in [1.82, 2.24) is 9.80 Å². The van der Waals surface area contributed by atoms with Crippen LogP contribution in [0.1, 0.15) is 61.9 Å². The third kappa shape index (κ3) is 5.55. The number of aliphatic hydroxyl groups is 1. The Bertz CT molecular complexity index is 680. The van der Waals surface area contributed by atoms with Crippen LogP contribution in [0.3, 0.4) is 0 Å². The van der Waals surface area contributed by atoms with Crippen LogP contribution in [0.5, 0.6) is 0 Å². The fraction of sp³-hybridized carbons (Fsp3) is 0.636. The van der Waals surface area contributed by atoms with Gasteiger partial charge in [-0.3, -0.25) is 9.59 Å². The summed E-state index contributed by atoms with van der Waals surface area (Å²) in [6, 6.07) is 7.78. The molecule has 2 heterocycles. The predicted molar refractivity (Wildman–Crippen MR) is 106 cm³/mol. The molecule has 5 heteroatoms. The Kier molecular flexibility index (Phi) is 6.20. The SMILES string of the molecule is CC(C)(O)CCc1cccc(C(=O)N2CCC[C@H](CN3CCCC3=O)C2)c1. The fourth-order valence-electron chi connectivity index (χ4n) is 4.10. The number of benzene rings is 1. The van der Waals surface area contributed by atoms with E-state index in [1.165, 1.54) is 0 Å². The maximum atomic E-state index is 13.0. The smallest absolute Gasteiger partial charge is 0.253 e. The van der Waals surface area contributed by atoms with E-state index in [1.54, 1.807) is 13.8 Å². The largest absolute Gasteiger partial charge is 0.390 e. The average molecular weight is 373 g/mol. The molecule has 1 aromatic rings. The van der Waals surface area contributed by atoms with Gasteiger partial charge in [0.2, 0.25) is 5.91 Å². The second-order valence-corrected chi connectivity index (χ2v) is 8.72. The quantitative estimate of drug-likeness (QED) is 0.835. The molecule has 148 valence electrons. The number of piperidine rings is 1. The van der Waals surface area contributed by atoms with Crippen LogP contribution in [-0.2, 0) is 11.2 Å². The van der Waals surface area contributed by atoms with Crippen LogP contribution in [0.2, 0.25) is 0 Å². The van der Waals surface area contributed by atoms with E-state index >= 15 is 0 Å². The highest BCUT2D eigenvalue weighted by molar-refractivity contribution is 5.94. The predicted octanol–water partition coefficient (Wildman–Crippen LogP) is 2.86.